The second-order valence-electron chi connectivity index (χ2n) is 6.86. The number of hydrogen-bond acceptors (Lipinski definition) is 3. The Labute approximate surface area is 154 Å². The van der Waals surface area contributed by atoms with Crippen LogP contribution in [0.5, 0.6) is 0 Å². The van der Waals surface area contributed by atoms with E-state index in [0.29, 0.717) is 38.3 Å². The molecule has 1 heterocycles. The molecule has 2 aromatic carbocycles. The molecule has 5 heteroatoms. The molecule has 0 aliphatic carbocycles. The normalized spacial score (nSPS) is 14.9. The number of rotatable bonds is 4. The largest absolute Gasteiger partial charge is 0.336 e. The average molecular weight is 351 g/mol. The van der Waals surface area contributed by atoms with E-state index >= 15 is 0 Å². The summed E-state index contributed by atoms with van der Waals surface area (Å²) in [5, 5.41) is 2.97. The van der Waals surface area contributed by atoms with Crippen LogP contribution in [0.4, 0.5) is 5.69 Å². The molecule has 0 bridgehead atoms. The van der Waals surface area contributed by atoms with Gasteiger partial charge in [-0.25, -0.2) is 0 Å². The van der Waals surface area contributed by atoms with Crippen LogP contribution in [0, 0.1) is 13.8 Å². The summed E-state index contributed by atoms with van der Waals surface area (Å²) in [5.74, 6) is 0.0442. The van der Waals surface area contributed by atoms with Crippen LogP contribution in [0.15, 0.2) is 48.5 Å². The first-order chi connectivity index (χ1) is 12.5. The Morgan fingerprint density at radius 1 is 0.923 bits per heavy atom. The number of anilines is 1. The summed E-state index contributed by atoms with van der Waals surface area (Å²) in [6.45, 7) is 7.09. The maximum Gasteiger partial charge on any atom is 0.253 e. The molecule has 0 atom stereocenters. The molecule has 2 aromatic rings. The van der Waals surface area contributed by atoms with Crippen LogP contribution >= 0.6 is 0 Å². The van der Waals surface area contributed by atoms with Crippen molar-refractivity contribution in [2.75, 3.05) is 38.0 Å². The summed E-state index contributed by atoms with van der Waals surface area (Å²) in [5.41, 5.74) is 3.82. The van der Waals surface area contributed by atoms with Crippen molar-refractivity contribution in [2.45, 2.75) is 13.8 Å². The van der Waals surface area contributed by atoms with Gasteiger partial charge in [-0.15, -0.1) is 0 Å². The van der Waals surface area contributed by atoms with Crippen LogP contribution in [0.25, 0.3) is 0 Å². The van der Waals surface area contributed by atoms with E-state index in [4.69, 9.17) is 0 Å². The number of nitrogens with one attached hydrogen (secondary N) is 1. The van der Waals surface area contributed by atoms with Crippen molar-refractivity contribution in [2.24, 2.45) is 0 Å². The summed E-state index contributed by atoms with van der Waals surface area (Å²) >= 11 is 0. The molecule has 1 N–H and O–H groups in total. The molecule has 1 saturated heterocycles. The first-order valence-corrected chi connectivity index (χ1v) is 8.96. The van der Waals surface area contributed by atoms with Gasteiger partial charge in [-0.05, 0) is 49.2 Å². The van der Waals surface area contributed by atoms with Gasteiger partial charge in [0, 0.05) is 37.4 Å². The molecule has 2 amide bonds. The van der Waals surface area contributed by atoms with Crippen molar-refractivity contribution in [3.63, 3.8) is 0 Å². The summed E-state index contributed by atoms with van der Waals surface area (Å²) in [6.07, 6.45) is 0. The minimum absolute atomic E-state index is 0.0159. The van der Waals surface area contributed by atoms with Gasteiger partial charge in [-0.1, -0.05) is 24.3 Å². The number of aryl methyl sites for hydroxylation is 2. The Bertz CT molecular complexity index is 761. The lowest BCUT2D eigenvalue weighted by molar-refractivity contribution is -0.117. The van der Waals surface area contributed by atoms with Crippen LogP contribution in [0.1, 0.15) is 21.5 Å². The zero-order valence-electron chi connectivity index (χ0n) is 15.4. The lowest BCUT2D eigenvalue weighted by atomic mass is 10.1. The van der Waals surface area contributed by atoms with Crippen LogP contribution in [-0.4, -0.2) is 54.3 Å². The van der Waals surface area contributed by atoms with E-state index in [0.717, 1.165) is 16.8 Å². The van der Waals surface area contributed by atoms with E-state index < -0.39 is 0 Å². The van der Waals surface area contributed by atoms with Crippen molar-refractivity contribution in [1.29, 1.82) is 0 Å². The Morgan fingerprint density at radius 3 is 2.15 bits per heavy atom. The maximum atomic E-state index is 12.5. The first kappa shape index (κ1) is 18.1. The number of carbonyl (C=O) groups excluding carboxylic acids is 2. The van der Waals surface area contributed by atoms with Crippen LogP contribution < -0.4 is 5.32 Å². The molecule has 0 aromatic heterocycles. The highest BCUT2D eigenvalue weighted by atomic mass is 16.2. The van der Waals surface area contributed by atoms with E-state index in [1.807, 2.05) is 61.2 Å². The molecule has 136 valence electrons. The molecule has 1 aliphatic heterocycles. The van der Waals surface area contributed by atoms with Gasteiger partial charge in [0.05, 0.1) is 6.54 Å². The number of hydrogen-bond donors (Lipinski definition) is 1. The first-order valence-electron chi connectivity index (χ1n) is 8.96. The molecule has 3 rings (SSSR count). The van der Waals surface area contributed by atoms with Gasteiger partial charge in [0.15, 0.2) is 0 Å². The van der Waals surface area contributed by atoms with Gasteiger partial charge in [-0.3, -0.25) is 14.5 Å². The van der Waals surface area contributed by atoms with E-state index in [-0.39, 0.29) is 11.8 Å². The minimum atomic E-state index is -0.0159. The Balaban J connectivity index is 1.49. The van der Waals surface area contributed by atoms with E-state index in [1.165, 1.54) is 0 Å². The standard InChI is InChI=1S/C21H25N3O2/c1-16-12-17(2)14-19(13-16)22-20(25)15-23-8-10-24(11-9-23)21(26)18-6-4-3-5-7-18/h3-7,12-14H,8-11,15H2,1-2H3,(H,22,25). The summed E-state index contributed by atoms with van der Waals surface area (Å²) < 4.78 is 0. The van der Waals surface area contributed by atoms with E-state index in [1.54, 1.807) is 0 Å². The molecule has 1 aliphatic rings. The van der Waals surface area contributed by atoms with Crippen LogP contribution in [0.2, 0.25) is 0 Å². The molecule has 0 radical (unpaired) electrons. The highest BCUT2D eigenvalue weighted by molar-refractivity contribution is 5.94. The quantitative estimate of drug-likeness (QED) is 0.921. The Kier molecular flexibility index (Phi) is 5.68. The van der Waals surface area contributed by atoms with Crippen molar-refractivity contribution in [3.05, 3.63) is 65.2 Å². The second kappa shape index (κ2) is 8.15. The number of piperazine rings is 1. The maximum absolute atomic E-state index is 12.5. The number of nitrogens with zero attached hydrogens (tertiary/aromatic N) is 2. The Hall–Kier alpha value is -2.66. The number of carbonyl (C=O) groups is 2. The fourth-order valence-electron chi connectivity index (χ4n) is 3.32. The van der Waals surface area contributed by atoms with Crippen molar-refractivity contribution in [1.82, 2.24) is 9.80 Å². The smallest absolute Gasteiger partial charge is 0.253 e. The van der Waals surface area contributed by atoms with Gasteiger partial charge in [-0.2, -0.15) is 0 Å². The molecule has 0 unspecified atom stereocenters. The van der Waals surface area contributed by atoms with Gasteiger partial charge in [0.1, 0.15) is 0 Å². The average Bonchev–Trinajstić information content (AvgIpc) is 2.61. The lowest BCUT2D eigenvalue weighted by Gasteiger charge is -2.34. The van der Waals surface area contributed by atoms with Gasteiger partial charge in [0.25, 0.3) is 5.91 Å². The van der Waals surface area contributed by atoms with Crippen molar-refractivity contribution >= 4 is 17.5 Å². The van der Waals surface area contributed by atoms with Gasteiger partial charge < -0.3 is 10.2 Å². The van der Waals surface area contributed by atoms with Crippen molar-refractivity contribution < 1.29 is 9.59 Å². The molecule has 26 heavy (non-hydrogen) atoms. The summed E-state index contributed by atoms with van der Waals surface area (Å²) in [7, 11) is 0. The SMILES string of the molecule is Cc1cc(C)cc(NC(=O)CN2CCN(C(=O)c3ccccc3)CC2)c1. The molecule has 1 fully saturated rings. The predicted molar refractivity (Wildman–Crippen MR) is 103 cm³/mol. The van der Waals surface area contributed by atoms with Gasteiger partial charge in [0.2, 0.25) is 5.91 Å². The number of benzene rings is 2. The number of amides is 2. The minimum Gasteiger partial charge on any atom is -0.336 e. The van der Waals surface area contributed by atoms with Crippen LogP contribution in [-0.2, 0) is 4.79 Å². The fourth-order valence-corrected chi connectivity index (χ4v) is 3.32. The molecule has 5 nitrogen and oxygen atoms in total. The van der Waals surface area contributed by atoms with Crippen molar-refractivity contribution in [3.8, 4) is 0 Å². The monoisotopic (exact) mass is 351 g/mol. The second-order valence-corrected chi connectivity index (χ2v) is 6.86. The summed E-state index contributed by atoms with van der Waals surface area (Å²) in [4.78, 5) is 28.7. The third-order valence-electron chi connectivity index (χ3n) is 4.55. The van der Waals surface area contributed by atoms with E-state index in [9.17, 15) is 9.59 Å². The summed E-state index contributed by atoms with van der Waals surface area (Å²) in [6, 6.07) is 15.4. The van der Waals surface area contributed by atoms with Crippen LogP contribution in [0.3, 0.4) is 0 Å². The van der Waals surface area contributed by atoms with Gasteiger partial charge >= 0.3 is 0 Å². The Morgan fingerprint density at radius 2 is 1.54 bits per heavy atom. The molecule has 0 spiro atoms. The van der Waals surface area contributed by atoms with E-state index in [2.05, 4.69) is 16.3 Å². The molecule has 0 saturated carbocycles. The zero-order chi connectivity index (χ0) is 18.5. The lowest BCUT2D eigenvalue weighted by Crippen LogP contribution is -2.50. The highest BCUT2D eigenvalue weighted by Gasteiger charge is 2.23. The molecular formula is C21H25N3O2. The topological polar surface area (TPSA) is 52.7 Å². The third kappa shape index (κ3) is 4.70. The highest BCUT2D eigenvalue weighted by Crippen LogP contribution is 2.14. The molecular weight excluding hydrogens is 326 g/mol. The third-order valence-corrected chi connectivity index (χ3v) is 4.55. The fraction of sp³-hybridized carbons (Fsp3) is 0.333. The predicted octanol–water partition coefficient (Wildman–Crippen LogP) is 2.70. The zero-order valence-corrected chi connectivity index (χ0v) is 15.4.